The summed E-state index contributed by atoms with van der Waals surface area (Å²) in [5.41, 5.74) is 1.28. The smallest absolute Gasteiger partial charge is 0.131 e. The first kappa shape index (κ1) is 13.8. The maximum Gasteiger partial charge on any atom is 0.131 e. The molecule has 0 heterocycles. The normalized spacial score (nSPS) is 12.3. The largest absolute Gasteiger partial charge is 0.497 e. The van der Waals surface area contributed by atoms with Gasteiger partial charge in [0.15, 0.2) is 0 Å². The van der Waals surface area contributed by atoms with Crippen molar-refractivity contribution < 1.29 is 13.5 Å². The van der Waals surface area contributed by atoms with Gasteiger partial charge in [-0.2, -0.15) is 0 Å². The Morgan fingerprint density at radius 3 is 2.11 bits per heavy atom. The molecule has 0 spiro atoms. The van der Waals surface area contributed by atoms with Gasteiger partial charge in [-0.25, -0.2) is 8.78 Å². The molecule has 0 aliphatic rings. The van der Waals surface area contributed by atoms with E-state index in [-0.39, 0.29) is 11.1 Å². The van der Waals surface area contributed by atoms with E-state index in [1.807, 2.05) is 0 Å². The van der Waals surface area contributed by atoms with Crippen LogP contribution in [0.3, 0.4) is 0 Å². The zero-order chi connectivity index (χ0) is 14.0. The van der Waals surface area contributed by atoms with E-state index in [2.05, 4.69) is 0 Å². The summed E-state index contributed by atoms with van der Waals surface area (Å²) in [6, 6.07) is 9.04. The molecule has 2 aromatic rings. The fraction of sp³-hybridized carbons (Fsp3) is 0.200. The number of methoxy groups -OCH3 is 1. The number of aryl methyl sites for hydroxylation is 1. The molecule has 0 radical (unpaired) electrons. The summed E-state index contributed by atoms with van der Waals surface area (Å²) < 4.78 is 32.6. The second kappa shape index (κ2) is 5.57. The van der Waals surface area contributed by atoms with E-state index in [0.29, 0.717) is 5.75 Å². The first-order valence-electron chi connectivity index (χ1n) is 5.76. The molecule has 0 aliphatic heterocycles. The highest BCUT2D eigenvalue weighted by molar-refractivity contribution is 6.22. The molecule has 19 heavy (non-hydrogen) atoms. The summed E-state index contributed by atoms with van der Waals surface area (Å²) in [5, 5.41) is -0.869. The number of hydrogen-bond donors (Lipinski definition) is 0. The summed E-state index contributed by atoms with van der Waals surface area (Å²) in [7, 11) is 1.45. The second-order valence-corrected chi connectivity index (χ2v) is 4.71. The Bertz CT molecular complexity index is 599. The monoisotopic (exact) mass is 282 g/mol. The van der Waals surface area contributed by atoms with E-state index >= 15 is 0 Å². The quantitative estimate of drug-likeness (QED) is 0.747. The van der Waals surface area contributed by atoms with Gasteiger partial charge in [0.1, 0.15) is 17.4 Å². The average molecular weight is 283 g/mol. The van der Waals surface area contributed by atoms with Crippen LogP contribution < -0.4 is 4.74 Å². The van der Waals surface area contributed by atoms with Gasteiger partial charge in [0.25, 0.3) is 0 Å². The van der Waals surface area contributed by atoms with E-state index in [1.165, 1.54) is 25.3 Å². The average Bonchev–Trinajstić information content (AvgIpc) is 2.37. The third-order valence-electron chi connectivity index (χ3n) is 2.91. The summed E-state index contributed by atoms with van der Waals surface area (Å²) in [4.78, 5) is 0. The second-order valence-electron chi connectivity index (χ2n) is 4.27. The third-order valence-corrected chi connectivity index (χ3v) is 3.38. The van der Waals surface area contributed by atoms with Gasteiger partial charge in [0, 0.05) is 17.2 Å². The molecular formula is C15H13ClF2O. The third kappa shape index (κ3) is 2.87. The Kier molecular flexibility index (Phi) is 4.05. The summed E-state index contributed by atoms with van der Waals surface area (Å²) in [6.45, 7) is 1.78. The van der Waals surface area contributed by atoms with Gasteiger partial charge >= 0.3 is 0 Å². The van der Waals surface area contributed by atoms with Crippen molar-refractivity contribution in [2.45, 2.75) is 12.3 Å². The highest BCUT2D eigenvalue weighted by Crippen LogP contribution is 2.33. The van der Waals surface area contributed by atoms with Crippen LogP contribution in [0.25, 0.3) is 0 Å². The Morgan fingerprint density at radius 2 is 1.58 bits per heavy atom. The van der Waals surface area contributed by atoms with Crippen LogP contribution in [0.1, 0.15) is 22.1 Å². The first-order chi connectivity index (χ1) is 9.02. The Labute approximate surface area is 115 Å². The fourth-order valence-electron chi connectivity index (χ4n) is 1.85. The van der Waals surface area contributed by atoms with Crippen LogP contribution in [0.5, 0.6) is 5.75 Å². The molecule has 2 rings (SSSR count). The molecule has 0 saturated heterocycles. The van der Waals surface area contributed by atoms with Gasteiger partial charge in [-0.05, 0) is 24.6 Å². The number of halogens is 3. The molecule has 1 nitrogen and oxygen atoms in total. The Balaban J connectivity index is 2.41. The van der Waals surface area contributed by atoms with Crippen LogP contribution >= 0.6 is 11.6 Å². The predicted octanol–water partition coefficient (Wildman–Crippen LogP) is 4.61. The maximum atomic E-state index is 13.9. The van der Waals surface area contributed by atoms with Crippen LogP contribution in [0.15, 0.2) is 36.4 Å². The molecule has 0 saturated carbocycles. The van der Waals surface area contributed by atoms with E-state index in [1.54, 1.807) is 25.1 Å². The molecule has 100 valence electrons. The van der Waals surface area contributed by atoms with Crippen molar-refractivity contribution in [3.8, 4) is 5.75 Å². The van der Waals surface area contributed by atoms with Crippen LogP contribution in [0, 0.1) is 18.6 Å². The van der Waals surface area contributed by atoms with Crippen molar-refractivity contribution in [1.82, 2.24) is 0 Å². The molecule has 0 fully saturated rings. The Morgan fingerprint density at radius 1 is 1.00 bits per heavy atom. The minimum Gasteiger partial charge on any atom is -0.497 e. The van der Waals surface area contributed by atoms with Crippen LogP contribution in [0.4, 0.5) is 8.78 Å². The number of alkyl halides is 1. The number of ether oxygens (including phenoxy) is 1. The van der Waals surface area contributed by atoms with Crippen molar-refractivity contribution in [3.63, 3.8) is 0 Å². The minimum absolute atomic E-state index is 0.227. The van der Waals surface area contributed by atoms with E-state index in [0.717, 1.165) is 5.56 Å². The predicted molar refractivity (Wildman–Crippen MR) is 71.8 cm³/mol. The van der Waals surface area contributed by atoms with Crippen molar-refractivity contribution in [3.05, 3.63) is 64.7 Å². The van der Waals surface area contributed by atoms with Gasteiger partial charge in [-0.1, -0.05) is 18.2 Å². The zero-order valence-corrected chi connectivity index (χ0v) is 11.3. The van der Waals surface area contributed by atoms with Crippen LogP contribution in [0.2, 0.25) is 0 Å². The molecule has 0 aliphatic carbocycles. The van der Waals surface area contributed by atoms with Gasteiger partial charge in [-0.15, -0.1) is 11.6 Å². The minimum atomic E-state index is -0.869. The van der Waals surface area contributed by atoms with Crippen molar-refractivity contribution >= 4 is 11.6 Å². The lowest BCUT2D eigenvalue weighted by Crippen LogP contribution is -2.00. The van der Waals surface area contributed by atoms with E-state index < -0.39 is 17.0 Å². The van der Waals surface area contributed by atoms with E-state index in [9.17, 15) is 8.78 Å². The van der Waals surface area contributed by atoms with Crippen molar-refractivity contribution in [2.75, 3.05) is 7.11 Å². The topological polar surface area (TPSA) is 9.23 Å². The van der Waals surface area contributed by atoms with Crippen LogP contribution in [-0.4, -0.2) is 7.11 Å². The van der Waals surface area contributed by atoms with E-state index in [4.69, 9.17) is 16.3 Å². The highest BCUT2D eigenvalue weighted by Gasteiger charge is 2.19. The lowest BCUT2D eigenvalue weighted by Gasteiger charge is -2.13. The van der Waals surface area contributed by atoms with Crippen molar-refractivity contribution in [2.24, 2.45) is 0 Å². The number of rotatable bonds is 3. The van der Waals surface area contributed by atoms with Crippen LogP contribution in [-0.2, 0) is 0 Å². The lowest BCUT2D eigenvalue weighted by atomic mass is 10.0. The number of hydrogen-bond acceptors (Lipinski definition) is 1. The van der Waals surface area contributed by atoms with Gasteiger partial charge in [-0.3, -0.25) is 0 Å². The molecule has 1 atom stereocenters. The maximum absolute atomic E-state index is 13.9. The van der Waals surface area contributed by atoms with Crippen molar-refractivity contribution in [1.29, 1.82) is 0 Å². The molecule has 0 amide bonds. The molecule has 0 aromatic heterocycles. The lowest BCUT2D eigenvalue weighted by molar-refractivity contribution is 0.410. The molecule has 4 heteroatoms. The molecule has 0 bridgehead atoms. The summed E-state index contributed by atoms with van der Waals surface area (Å²) in [6.07, 6.45) is 0. The fourth-order valence-corrected chi connectivity index (χ4v) is 2.20. The van der Waals surface area contributed by atoms with Gasteiger partial charge in [0.05, 0.1) is 12.5 Å². The Hall–Kier alpha value is -1.61. The SMILES string of the molecule is COc1ccc(C(Cl)c2ccc(C)cc2F)c(F)c1. The first-order valence-corrected chi connectivity index (χ1v) is 6.20. The highest BCUT2D eigenvalue weighted by atomic mass is 35.5. The molecule has 1 unspecified atom stereocenters. The molecule has 2 aromatic carbocycles. The van der Waals surface area contributed by atoms with Gasteiger partial charge < -0.3 is 4.74 Å². The van der Waals surface area contributed by atoms with Gasteiger partial charge in [0.2, 0.25) is 0 Å². The zero-order valence-electron chi connectivity index (χ0n) is 10.6. The molecular weight excluding hydrogens is 270 g/mol. The molecule has 0 N–H and O–H groups in total. The summed E-state index contributed by atoms with van der Waals surface area (Å²) >= 11 is 6.17. The standard InChI is InChI=1S/C15H13ClF2O/c1-9-3-5-11(13(17)7-9)15(16)12-6-4-10(19-2)8-14(12)18/h3-8,15H,1-2H3. The number of benzene rings is 2. The summed E-state index contributed by atoms with van der Waals surface area (Å²) in [5.74, 6) is -0.552.